The molecule has 3 heterocycles. The SMILES string of the molecule is CCN1CCN(c2ncnc3sc(C(=O)NC4CCCC4)c(C)c23)CC1. The molecule has 4 rings (SSSR count). The summed E-state index contributed by atoms with van der Waals surface area (Å²) in [5, 5.41) is 4.27. The lowest BCUT2D eigenvalue weighted by molar-refractivity contribution is 0.0941. The predicted molar refractivity (Wildman–Crippen MR) is 106 cm³/mol. The number of fused-ring (bicyclic) bond motifs is 1. The Kier molecular flexibility index (Phi) is 5.09. The Morgan fingerprint density at radius 3 is 2.65 bits per heavy atom. The number of hydrogen-bond acceptors (Lipinski definition) is 6. The number of likely N-dealkylation sites (N-methyl/N-ethyl adjacent to an activating group) is 1. The van der Waals surface area contributed by atoms with Crippen molar-refractivity contribution in [3.05, 3.63) is 16.8 Å². The first kappa shape index (κ1) is 17.7. The topological polar surface area (TPSA) is 61.4 Å². The lowest BCUT2D eigenvalue weighted by Gasteiger charge is -2.35. The fraction of sp³-hybridized carbons (Fsp3) is 0.632. The van der Waals surface area contributed by atoms with E-state index in [0.717, 1.165) is 72.0 Å². The molecule has 0 unspecified atom stereocenters. The van der Waals surface area contributed by atoms with Crippen LogP contribution in [-0.2, 0) is 0 Å². The average Bonchev–Trinajstić information content (AvgIpc) is 3.29. The van der Waals surface area contributed by atoms with E-state index in [2.05, 4.69) is 32.0 Å². The number of amides is 1. The molecule has 0 aromatic carbocycles. The summed E-state index contributed by atoms with van der Waals surface area (Å²) in [6.07, 6.45) is 6.27. The first-order chi connectivity index (χ1) is 12.7. The summed E-state index contributed by atoms with van der Waals surface area (Å²) in [7, 11) is 0. The summed E-state index contributed by atoms with van der Waals surface area (Å²) in [5.41, 5.74) is 1.02. The maximum atomic E-state index is 12.8. The van der Waals surface area contributed by atoms with Crippen LogP contribution in [0.4, 0.5) is 5.82 Å². The smallest absolute Gasteiger partial charge is 0.261 e. The number of hydrogen-bond donors (Lipinski definition) is 1. The highest BCUT2D eigenvalue weighted by molar-refractivity contribution is 7.20. The highest BCUT2D eigenvalue weighted by Gasteiger charge is 2.25. The van der Waals surface area contributed by atoms with Crippen LogP contribution >= 0.6 is 11.3 Å². The van der Waals surface area contributed by atoms with Crippen molar-refractivity contribution in [3.63, 3.8) is 0 Å². The average molecular weight is 374 g/mol. The Morgan fingerprint density at radius 2 is 1.96 bits per heavy atom. The van der Waals surface area contributed by atoms with Gasteiger partial charge in [-0.05, 0) is 31.9 Å². The number of carbonyl (C=O) groups excluding carboxylic acids is 1. The molecule has 1 saturated heterocycles. The number of nitrogens with one attached hydrogen (secondary N) is 1. The second-order valence-electron chi connectivity index (χ2n) is 7.31. The Balaban J connectivity index is 1.61. The monoisotopic (exact) mass is 373 g/mol. The number of anilines is 1. The van der Waals surface area contributed by atoms with E-state index >= 15 is 0 Å². The van der Waals surface area contributed by atoms with Gasteiger partial charge in [0.05, 0.1) is 10.3 Å². The van der Waals surface area contributed by atoms with Gasteiger partial charge in [0.15, 0.2) is 0 Å². The van der Waals surface area contributed by atoms with Gasteiger partial charge >= 0.3 is 0 Å². The Bertz CT molecular complexity index is 791. The normalized spacial score (nSPS) is 19.4. The van der Waals surface area contributed by atoms with Gasteiger partial charge in [-0.1, -0.05) is 19.8 Å². The summed E-state index contributed by atoms with van der Waals surface area (Å²) in [6, 6.07) is 0.333. The molecule has 0 radical (unpaired) electrons. The van der Waals surface area contributed by atoms with E-state index in [0.29, 0.717) is 6.04 Å². The summed E-state index contributed by atoms with van der Waals surface area (Å²) >= 11 is 1.50. The third-order valence-corrected chi connectivity index (χ3v) is 6.92. The minimum Gasteiger partial charge on any atom is -0.353 e. The Labute approximate surface area is 158 Å². The van der Waals surface area contributed by atoms with Crippen molar-refractivity contribution in [1.82, 2.24) is 20.2 Å². The van der Waals surface area contributed by atoms with Crippen molar-refractivity contribution in [2.75, 3.05) is 37.6 Å². The van der Waals surface area contributed by atoms with Crippen LogP contribution in [0, 0.1) is 6.92 Å². The number of carbonyl (C=O) groups is 1. The molecule has 1 aliphatic heterocycles. The van der Waals surface area contributed by atoms with Gasteiger partial charge in [-0.15, -0.1) is 11.3 Å². The maximum absolute atomic E-state index is 12.8. The number of aromatic nitrogens is 2. The zero-order valence-corrected chi connectivity index (χ0v) is 16.4. The molecule has 140 valence electrons. The molecule has 1 aliphatic carbocycles. The lowest BCUT2D eigenvalue weighted by Crippen LogP contribution is -2.46. The van der Waals surface area contributed by atoms with Crippen LogP contribution in [0.1, 0.15) is 47.8 Å². The van der Waals surface area contributed by atoms with E-state index in [1.54, 1.807) is 6.33 Å². The molecule has 1 amide bonds. The molecule has 2 aromatic heterocycles. The van der Waals surface area contributed by atoms with Crippen LogP contribution in [0.3, 0.4) is 0 Å². The van der Waals surface area contributed by atoms with Gasteiger partial charge in [0, 0.05) is 32.2 Å². The zero-order valence-electron chi connectivity index (χ0n) is 15.6. The fourth-order valence-electron chi connectivity index (χ4n) is 4.11. The maximum Gasteiger partial charge on any atom is 0.261 e. The highest BCUT2D eigenvalue weighted by atomic mass is 32.1. The summed E-state index contributed by atoms with van der Waals surface area (Å²) < 4.78 is 0. The van der Waals surface area contributed by atoms with Gasteiger partial charge in [0.2, 0.25) is 0 Å². The minimum absolute atomic E-state index is 0.0548. The van der Waals surface area contributed by atoms with Gasteiger partial charge < -0.3 is 15.1 Å². The molecule has 2 aliphatic rings. The fourth-order valence-corrected chi connectivity index (χ4v) is 5.15. The molecular formula is C19H27N5OS. The molecule has 26 heavy (non-hydrogen) atoms. The summed E-state index contributed by atoms with van der Waals surface area (Å²) in [6.45, 7) is 9.39. The van der Waals surface area contributed by atoms with Crippen LogP contribution in [0.25, 0.3) is 10.2 Å². The number of aryl methyl sites for hydroxylation is 1. The molecular weight excluding hydrogens is 346 g/mol. The van der Waals surface area contributed by atoms with Gasteiger partial charge in [-0.2, -0.15) is 0 Å². The van der Waals surface area contributed by atoms with Gasteiger partial charge in [0.1, 0.15) is 17.0 Å². The van der Waals surface area contributed by atoms with E-state index in [4.69, 9.17) is 0 Å². The van der Waals surface area contributed by atoms with Crippen LogP contribution in [-0.4, -0.2) is 59.5 Å². The van der Waals surface area contributed by atoms with Crippen LogP contribution in [0.5, 0.6) is 0 Å². The first-order valence-corrected chi connectivity index (χ1v) is 10.5. The highest BCUT2D eigenvalue weighted by Crippen LogP contribution is 2.35. The van der Waals surface area contributed by atoms with Crippen molar-refractivity contribution in [3.8, 4) is 0 Å². The molecule has 0 bridgehead atoms. The van der Waals surface area contributed by atoms with E-state index < -0.39 is 0 Å². The van der Waals surface area contributed by atoms with E-state index in [1.807, 2.05) is 6.92 Å². The quantitative estimate of drug-likeness (QED) is 0.893. The van der Waals surface area contributed by atoms with Crippen molar-refractivity contribution < 1.29 is 4.79 Å². The summed E-state index contributed by atoms with van der Waals surface area (Å²) in [5.74, 6) is 1.04. The molecule has 2 fully saturated rings. The van der Waals surface area contributed by atoms with Crippen molar-refractivity contribution in [2.24, 2.45) is 0 Å². The largest absolute Gasteiger partial charge is 0.353 e. The zero-order chi connectivity index (χ0) is 18.1. The van der Waals surface area contributed by atoms with Crippen molar-refractivity contribution >= 4 is 33.3 Å². The third-order valence-electron chi connectivity index (χ3n) is 5.72. The van der Waals surface area contributed by atoms with Gasteiger partial charge in [-0.3, -0.25) is 4.79 Å². The molecule has 1 saturated carbocycles. The van der Waals surface area contributed by atoms with Crippen LogP contribution < -0.4 is 10.2 Å². The third kappa shape index (κ3) is 3.30. The molecule has 0 atom stereocenters. The standard InChI is InChI=1S/C19H27N5OS/c1-3-23-8-10-24(11-9-23)17-15-13(2)16(26-19(15)21-12-20-17)18(25)22-14-6-4-5-7-14/h12,14H,3-11H2,1-2H3,(H,22,25). The number of rotatable bonds is 4. The first-order valence-electron chi connectivity index (χ1n) is 9.69. The lowest BCUT2D eigenvalue weighted by atomic mass is 10.1. The molecule has 6 nitrogen and oxygen atoms in total. The summed E-state index contributed by atoms with van der Waals surface area (Å²) in [4.78, 5) is 28.3. The second-order valence-corrected chi connectivity index (χ2v) is 8.31. The molecule has 0 spiro atoms. The predicted octanol–water partition coefficient (Wildman–Crippen LogP) is 2.81. The van der Waals surface area contributed by atoms with Gasteiger partial charge in [-0.25, -0.2) is 9.97 Å². The number of nitrogens with zero attached hydrogens (tertiary/aromatic N) is 4. The number of piperazine rings is 1. The Morgan fingerprint density at radius 1 is 1.23 bits per heavy atom. The van der Waals surface area contributed by atoms with E-state index in [9.17, 15) is 4.79 Å². The van der Waals surface area contributed by atoms with Crippen LogP contribution in [0.2, 0.25) is 0 Å². The minimum atomic E-state index is 0.0548. The molecule has 7 heteroatoms. The van der Waals surface area contributed by atoms with E-state index in [-0.39, 0.29) is 5.91 Å². The second kappa shape index (κ2) is 7.48. The molecule has 1 N–H and O–H groups in total. The van der Waals surface area contributed by atoms with Crippen molar-refractivity contribution in [2.45, 2.75) is 45.6 Å². The van der Waals surface area contributed by atoms with E-state index in [1.165, 1.54) is 24.2 Å². The van der Waals surface area contributed by atoms with Crippen molar-refractivity contribution in [1.29, 1.82) is 0 Å². The molecule has 2 aromatic rings. The Hall–Kier alpha value is -1.73. The van der Waals surface area contributed by atoms with Crippen LogP contribution in [0.15, 0.2) is 6.33 Å². The van der Waals surface area contributed by atoms with Gasteiger partial charge in [0.25, 0.3) is 5.91 Å². The number of thiophene rings is 1.